The standard InChI is InChI=1S/C18H20N4O4S/c1-3-22(4-2)27(25,26)16-8-9-18(24)21(12-16)13-17(23)20-15-7-5-6-14(10-15)11-19/h5-10,12H,3-4,13H2,1-2H3,(H,20,23). The molecule has 2 aromatic rings. The summed E-state index contributed by atoms with van der Waals surface area (Å²) in [5.41, 5.74) is 0.311. The molecule has 0 radical (unpaired) electrons. The lowest BCUT2D eigenvalue weighted by Crippen LogP contribution is -2.33. The van der Waals surface area contributed by atoms with Crippen molar-refractivity contribution in [2.45, 2.75) is 25.3 Å². The molecular formula is C18H20N4O4S. The zero-order chi connectivity index (χ0) is 20.0. The summed E-state index contributed by atoms with van der Waals surface area (Å²) >= 11 is 0. The second-order valence-corrected chi connectivity index (χ2v) is 7.60. The van der Waals surface area contributed by atoms with Crippen LogP contribution >= 0.6 is 0 Å². The number of amides is 1. The quantitative estimate of drug-likeness (QED) is 0.770. The van der Waals surface area contributed by atoms with Crippen molar-refractivity contribution >= 4 is 21.6 Å². The number of nitrogens with one attached hydrogen (secondary N) is 1. The van der Waals surface area contributed by atoms with Crippen molar-refractivity contribution in [2.24, 2.45) is 0 Å². The van der Waals surface area contributed by atoms with Crippen LogP contribution in [0.4, 0.5) is 5.69 Å². The molecule has 1 aromatic heterocycles. The Bertz CT molecular complexity index is 1030. The average molecular weight is 388 g/mol. The fourth-order valence-electron chi connectivity index (χ4n) is 2.52. The highest BCUT2D eigenvalue weighted by Crippen LogP contribution is 2.14. The molecule has 0 aliphatic heterocycles. The molecule has 1 aromatic carbocycles. The van der Waals surface area contributed by atoms with Gasteiger partial charge in [0, 0.05) is 31.0 Å². The molecule has 9 heteroatoms. The second-order valence-electron chi connectivity index (χ2n) is 5.66. The first-order chi connectivity index (χ1) is 12.8. The van der Waals surface area contributed by atoms with E-state index in [2.05, 4.69) is 5.32 Å². The second kappa shape index (κ2) is 8.62. The fourth-order valence-corrected chi connectivity index (χ4v) is 4.00. The van der Waals surface area contributed by atoms with Gasteiger partial charge in [-0.05, 0) is 24.3 Å². The molecule has 0 saturated carbocycles. The van der Waals surface area contributed by atoms with Gasteiger partial charge in [-0.25, -0.2) is 8.42 Å². The third kappa shape index (κ3) is 4.81. The van der Waals surface area contributed by atoms with Crippen LogP contribution in [0.25, 0.3) is 0 Å². The lowest BCUT2D eigenvalue weighted by Gasteiger charge is -2.19. The number of rotatable bonds is 7. The summed E-state index contributed by atoms with van der Waals surface area (Å²) < 4.78 is 27.5. The Morgan fingerprint density at radius 1 is 1.22 bits per heavy atom. The van der Waals surface area contributed by atoms with Crippen molar-refractivity contribution in [2.75, 3.05) is 18.4 Å². The fraction of sp³-hybridized carbons (Fsp3) is 0.278. The predicted molar refractivity (Wildman–Crippen MR) is 101 cm³/mol. The van der Waals surface area contributed by atoms with Gasteiger partial charge < -0.3 is 9.88 Å². The minimum Gasteiger partial charge on any atom is -0.324 e. The number of anilines is 1. The minimum absolute atomic E-state index is 0.0509. The summed E-state index contributed by atoms with van der Waals surface area (Å²) in [6, 6.07) is 10.7. The number of carbonyl (C=O) groups excluding carboxylic acids is 1. The largest absolute Gasteiger partial charge is 0.324 e. The molecule has 0 saturated heterocycles. The molecular weight excluding hydrogens is 368 g/mol. The van der Waals surface area contributed by atoms with Gasteiger partial charge in [-0.15, -0.1) is 0 Å². The van der Waals surface area contributed by atoms with Crippen molar-refractivity contribution in [3.05, 3.63) is 58.5 Å². The molecule has 142 valence electrons. The van der Waals surface area contributed by atoms with E-state index in [1.54, 1.807) is 32.0 Å². The number of pyridine rings is 1. The van der Waals surface area contributed by atoms with E-state index in [0.29, 0.717) is 24.3 Å². The molecule has 0 atom stereocenters. The van der Waals surface area contributed by atoms with Gasteiger partial charge >= 0.3 is 0 Å². The van der Waals surface area contributed by atoms with Crippen LogP contribution < -0.4 is 10.9 Å². The first-order valence-corrected chi connectivity index (χ1v) is 9.76. The lowest BCUT2D eigenvalue weighted by atomic mass is 10.2. The molecule has 0 fully saturated rings. The van der Waals surface area contributed by atoms with Crippen molar-refractivity contribution in [3.8, 4) is 6.07 Å². The van der Waals surface area contributed by atoms with Gasteiger partial charge in [0.25, 0.3) is 5.56 Å². The zero-order valence-electron chi connectivity index (χ0n) is 15.0. The smallest absolute Gasteiger partial charge is 0.251 e. The predicted octanol–water partition coefficient (Wildman–Crippen LogP) is 1.39. The van der Waals surface area contributed by atoms with Gasteiger partial charge in [0.05, 0.1) is 16.5 Å². The van der Waals surface area contributed by atoms with Gasteiger partial charge in [0.2, 0.25) is 15.9 Å². The normalized spacial score (nSPS) is 11.2. The molecule has 0 spiro atoms. The van der Waals surface area contributed by atoms with Gasteiger partial charge in [-0.3, -0.25) is 9.59 Å². The highest BCUT2D eigenvalue weighted by molar-refractivity contribution is 7.89. The van der Waals surface area contributed by atoms with Crippen molar-refractivity contribution in [3.63, 3.8) is 0 Å². The molecule has 0 bridgehead atoms. The van der Waals surface area contributed by atoms with E-state index in [0.717, 1.165) is 10.6 Å². The number of nitriles is 1. The van der Waals surface area contributed by atoms with Gasteiger partial charge in [-0.2, -0.15) is 9.57 Å². The van der Waals surface area contributed by atoms with Gasteiger partial charge in [0.15, 0.2) is 0 Å². The van der Waals surface area contributed by atoms with Crippen LogP contribution in [-0.2, 0) is 21.4 Å². The third-order valence-electron chi connectivity index (χ3n) is 3.89. The number of carbonyl (C=O) groups is 1. The number of nitrogens with zero attached hydrogens (tertiary/aromatic N) is 3. The maximum Gasteiger partial charge on any atom is 0.251 e. The van der Waals surface area contributed by atoms with E-state index in [-0.39, 0.29) is 11.4 Å². The Morgan fingerprint density at radius 3 is 2.56 bits per heavy atom. The molecule has 0 aliphatic rings. The summed E-state index contributed by atoms with van der Waals surface area (Å²) in [5.74, 6) is -0.510. The summed E-state index contributed by atoms with van der Waals surface area (Å²) in [7, 11) is -3.74. The Balaban J connectivity index is 2.25. The topological polar surface area (TPSA) is 112 Å². The maximum absolute atomic E-state index is 12.6. The van der Waals surface area contributed by atoms with Crippen LogP contribution in [-0.4, -0.2) is 36.3 Å². The molecule has 0 unspecified atom stereocenters. The summed E-state index contributed by atoms with van der Waals surface area (Å²) in [6.07, 6.45) is 1.17. The Hall–Kier alpha value is -2.96. The van der Waals surface area contributed by atoms with Crippen LogP contribution in [0.1, 0.15) is 19.4 Å². The number of sulfonamides is 1. The van der Waals surface area contributed by atoms with E-state index in [1.807, 2.05) is 6.07 Å². The number of hydrogen-bond donors (Lipinski definition) is 1. The number of aromatic nitrogens is 1. The first-order valence-electron chi connectivity index (χ1n) is 8.32. The van der Waals surface area contributed by atoms with Crippen LogP contribution in [0.5, 0.6) is 0 Å². The van der Waals surface area contributed by atoms with Crippen molar-refractivity contribution < 1.29 is 13.2 Å². The summed E-state index contributed by atoms with van der Waals surface area (Å²) in [5, 5.41) is 11.5. The number of benzene rings is 1. The van der Waals surface area contributed by atoms with E-state index in [9.17, 15) is 18.0 Å². The molecule has 1 N–H and O–H groups in total. The highest BCUT2D eigenvalue weighted by atomic mass is 32.2. The monoisotopic (exact) mass is 388 g/mol. The zero-order valence-corrected chi connectivity index (χ0v) is 15.9. The molecule has 2 rings (SSSR count). The van der Waals surface area contributed by atoms with E-state index < -0.39 is 21.5 Å². The minimum atomic E-state index is -3.74. The van der Waals surface area contributed by atoms with E-state index in [4.69, 9.17) is 5.26 Å². The Morgan fingerprint density at radius 2 is 1.93 bits per heavy atom. The molecule has 8 nitrogen and oxygen atoms in total. The van der Waals surface area contributed by atoms with E-state index >= 15 is 0 Å². The lowest BCUT2D eigenvalue weighted by molar-refractivity contribution is -0.116. The van der Waals surface area contributed by atoms with Gasteiger partial charge in [0.1, 0.15) is 6.54 Å². The van der Waals surface area contributed by atoms with Crippen molar-refractivity contribution in [1.29, 1.82) is 5.26 Å². The summed E-state index contributed by atoms with van der Waals surface area (Å²) in [4.78, 5) is 24.2. The van der Waals surface area contributed by atoms with Crippen LogP contribution in [0.15, 0.2) is 52.3 Å². The van der Waals surface area contributed by atoms with Crippen LogP contribution in [0.2, 0.25) is 0 Å². The molecule has 1 amide bonds. The van der Waals surface area contributed by atoms with Crippen molar-refractivity contribution in [1.82, 2.24) is 8.87 Å². The summed E-state index contributed by atoms with van der Waals surface area (Å²) in [6.45, 7) is 3.69. The number of hydrogen-bond acceptors (Lipinski definition) is 5. The van der Waals surface area contributed by atoms with E-state index in [1.165, 1.54) is 22.6 Å². The maximum atomic E-state index is 12.6. The average Bonchev–Trinajstić information content (AvgIpc) is 2.64. The SMILES string of the molecule is CCN(CC)S(=O)(=O)c1ccc(=O)n(CC(=O)Nc2cccc(C#N)c2)c1. The third-order valence-corrected chi connectivity index (χ3v) is 5.92. The van der Waals surface area contributed by atoms with Gasteiger partial charge in [-0.1, -0.05) is 19.9 Å². The Kier molecular flexibility index (Phi) is 6.50. The molecule has 27 heavy (non-hydrogen) atoms. The Labute approximate surface area is 157 Å². The van der Waals surface area contributed by atoms with Crippen LogP contribution in [0, 0.1) is 11.3 Å². The molecule has 0 aliphatic carbocycles. The van der Waals surface area contributed by atoms with Crippen LogP contribution in [0.3, 0.4) is 0 Å². The highest BCUT2D eigenvalue weighted by Gasteiger charge is 2.22. The first kappa shape index (κ1) is 20.4. The molecule has 1 heterocycles.